The fourth-order valence-corrected chi connectivity index (χ4v) is 4.66. The number of piperazine rings is 1. The van der Waals surface area contributed by atoms with Gasteiger partial charge in [0.1, 0.15) is 11.6 Å². The average Bonchev–Trinajstić information content (AvgIpc) is 3.28. The summed E-state index contributed by atoms with van der Waals surface area (Å²) >= 11 is 1.64. The molecule has 1 atom stereocenters. The Kier molecular flexibility index (Phi) is 4.46. The van der Waals surface area contributed by atoms with Gasteiger partial charge in [-0.25, -0.2) is 4.98 Å². The molecule has 136 valence electrons. The molecule has 26 heavy (non-hydrogen) atoms. The summed E-state index contributed by atoms with van der Waals surface area (Å²) in [6.07, 6.45) is 6.07. The van der Waals surface area contributed by atoms with Crippen LogP contribution in [0.5, 0.6) is 0 Å². The van der Waals surface area contributed by atoms with Gasteiger partial charge in [-0.1, -0.05) is 0 Å². The number of pyridine rings is 1. The molecule has 2 aliphatic heterocycles. The number of likely N-dealkylation sites (tertiary alicyclic amines) is 1. The third-order valence-electron chi connectivity index (χ3n) is 5.21. The topological polar surface area (TPSA) is 69.6 Å². The van der Waals surface area contributed by atoms with E-state index in [1.165, 1.54) is 0 Å². The van der Waals surface area contributed by atoms with Crippen molar-refractivity contribution in [3.05, 3.63) is 41.1 Å². The van der Waals surface area contributed by atoms with Gasteiger partial charge in [-0.15, -0.1) is 11.3 Å². The molecule has 4 rings (SSSR count). The monoisotopic (exact) mass is 371 g/mol. The number of nitrogens with zero attached hydrogens (tertiary/aromatic N) is 5. The van der Waals surface area contributed by atoms with Gasteiger partial charge in [0.2, 0.25) is 11.8 Å². The first kappa shape index (κ1) is 17.1. The maximum absolute atomic E-state index is 12.7. The zero-order valence-corrected chi connectivity index (χ0v) is 15.5. The normalized spacial score (nSPS) is 23.8. The van der Waals surface area contributed by atoms with Crippen LogP contribution < -0.4 is 4.90 Å². The van der Waals surface area contributed by atoms with Crippen LogP contribution in [0, 0.1) is 0 Å². The molecule has 2 aromatic rings. The molecule has 2 aliphatic rings. The van der Waals surface area contributed by atoms with Crippen LogP contribution in [0.15, 0.2) is 36.1 Å². The Labute approximate surface area is 156 Å². The summed E-state index contributed by atoms with van der Waals surface area (Å²) in [6.45, 7) is 4.60. The zero-order chi connectivity index (χ0) is 18.1. The molecular formula is C18H21N5O2S. The van der Waals surface area contributed by atoms with Crippen LogP contribution in [-0.4, -0.2) is 63.3 Å². The first-order chi connectivity index (χ1) is 12.6. The lowest BCUT2D eigenvalue weighted by Gasteiger charge is -2.48. The largest absolute Gasteiger partial charge is 0.325 e. The highest BCUT2D eigenvalue weighted by atomic mass is 32.1. The predicted octanol–water partition coefficient (Wildman–Crippen LogP) is 1.38. The molecule has 2 saturated heterocycles. The van der Waals surface area contributed by atoms with E-state index in [0.717, 1.165) is 36.8 Å². The number of thiazole rings is 1. The SMILES string of the molecule is CC(=O)N1CC(=O)N(c2cccnc2)C[C@@]12CCN(Cc1nccs1)C2. The Morgan fingerprint density at radius 2 is 2.23 bits per heavy atom. The number of rotatable bonds is 3. The van der Waals surface area contributed by atoms with E-state index in [0.29, 0.717) is 6.54 Å². The number of carbonyl (C=O) groups excluding carboxylic acids is 2. The second kappa shape index (κ2) is 6.77. The molecule has 0 N–H and O–H groups in total. The van der Waals surface area contributed by atoms with Crippen LogP contribution in [0.4, 0.5) is 5.69 Å². The summed E-state index contributed by atoms with van der Waals surface area (Å²) in [5, 5.41) is 3.05. The van der Waals surface area contributed by atoms with Crippen molar-refractivity contribution in [1.29, 1.82) is 0 Å². The lowest BCUT2D eigenvalue weighted by Crippen LogP contribution is -2.66. The molecule has 0 unspecified atom stereocenters. The van der Waals surface area contributed by atoms with Gasteiger partial charge >= 0.3 is 0 Å². The van der Waals surface area contributed by atoms with E-state index in [4.69, 9.17) is 0 Å². The van der Waals surface area contributed by atoms with E-state index in [-0.39, 0.29) is 23.9 Å². The van der Waals surface area contributed by atoms with Crippen LogP contribution >= 0.6 is 11.3 Å². The highest BCUT2D eigenvalue weighted by molar-refractivity contribution is 7.09. The lowest BCUT2D eigenvalue weighted by molar-refractivity contribution is -0.142. The van der Waals surface area contributed by atoms with Crippen molar-refractivity contribution in [3.8, 4) is 0 Å². The molecule has 0 saturated carbocycles. The highest BCUT2D eigenvalue weighted by Gasteiger charge is 2.50. The summed E-state index contributed by atoms with van der Waals surface area (Å²) in [7, 11) is 0. The zero-order valence-electron chi connectivity index (χ0n) is 14.7. The molecule has 0 aromatic carbocycles. The third kappa shape index (κ3) is 3.10. The minimum atomic E-state index is -0.354. The smallest absolute Gasteiger partial charge is 0.246 e. The fourth-order valence-electron chi connectivity index (χ4n) is 4.00. The van der Waals surface area contributed by atoms with Gasteiger partial charge < -0.3 is 9.80 Å². The Morgan fingerprint density at radius 3 is 2.92 bits per heavy atom. The lowest BCUT2D eigenvalue weighted by atomic mass is 9.92. The van der Waals surface area contributed by atoms with E-state index in [9.17, 15) is 9.59 Å². The quantitative estimate of drug-likeness (QED) is 0.815. The van der Waals surface area contributed by atoms with Crippen LogP contribution in [0.25, 0.3) is 0 Å². The van der Waals surface area contributed by atoms with Crippen LogP contribution in [0.2, 0.25) is 0 Å². The summed E-state index contributed by atoms with van der Waals surface area (Å²) in [4.78, 5) is 39.3. The van der Waals surface area contributed by atoms with Crippen molar-refractivity contribution < 1.29 is 9.59 Å². The second-order valence-electron chi connectivity index (χ2n) is 6.91. The van der Waals surface area contributed by atoms with E-state index in [1.54, 1.807) is 40.5 Å². The minimum absolute atomic E-state index is 0.0414. The third-order valence-corrected chi connectivity index (χ3v) is 5.98. The molecule has 2 amide bonds. The molecule has 4 heterocycles. The van der Waals surface area contributed by atoms with Crippen molar-refractivity contribution in [2.45, 2.75) is 25.4 Å². The van der Waals surface area contributed by atoms with Gasteiger partial charge in [0.25, 0.3) is 0 Å². The molecular weight excluding hydrogens is 350 g/mol. The van der Waals surface area contributed by atoms with Crippen LogP contribution in [-0.2, 0) is 16.1 Å². The predicted molar refractivity (Wildman–Crippen MR) is 98.7 cm³/mol. The first-order valence-electron chi connectivity index (χ1n) is 8.67. The Balaban J connectivity index is 1.59. The van der Waals surface area contributed by atoms with Gasteiger partial charge in [0.05, 0.1) is 30.5 Å². The molecule has 1 spiro atoms. The second-order valence-corrected chi connectivity index (χ2v) is 7.89. The van der Waals surface area contributed by atoms with E-state index in [1.807, 2.05) is 23.7 Å². The number of aromatic nitrogens is 2. The first-order valence-corrected chi connectivity index (χ1v) is 9.55. The number of hydrogen-bond acceptors (Lipinski definition) is 6. The maximum atomic E-state index is 12.7. The summed E-state index contributed by atoms with van der Waals surface area (Å²) < 4.78 is 0. The summed E-state index contributed by atoms with van der Waals surface area (Å²) in [5.74, 6) is -0.0996. The Bertz CT molecular complexity index is 797. The molecule has 0 bridgehead atoms. The van der Waals surface area contributed by atoms with E-state index >= 15 is 0 Å². The molecule has 0 radical (unpaired) electrons. The summed E-state index contributed by atoms with van der Waals surface area (Å²) in [6, 6.07) is 3.72. The van der Waals surface area contributed by atoms with Crippen molar-refractivity contribution >= 4 is 28.8 Å². The van der Waals surface area contributed by atoms with Crippen LogP contribution in [0.1, 0.15) is 18.4 Å². The Hall–Kier alpha value is -2.32. The molecule has 8 heteroatoms. The number of hydrogen-bond donors (Lipinski definition) is 0. The average molecular weight is 371 g/mol. The Morgan fingerprint density at radius 1 is 1.35 bits per heavy atom. The molecule has 0 aliphatic carbocycles. The summed E-state index contributed by atoms with van der Waals surface area (Å²) in [5.41, 5.74) is 0.436. The van der Waals surface area contributed by atoms with Gasteiger partial charge in [-0.05, 0) is 18.6 Å². The van der Waals surface area contributed by atoms with Gasteiger partial charge in [0.15, 0.2) is 0 Å². The van der Waals surface area contributed by atoms with Crippen molar-refractivity contribution in [3.63, 3.8) is 0 Å². The molecule has 2 aromatic heterocycles. The molecule has 2 fully saturated rings. The minimum Gasteiger partial charge on any atom is -0.325 e. The van der Waals surface area contributed by atoms with Gasteiger partial charge in [-0.2, -0.15) is 0 Å². The van der Waals surface area contributed by atoms with E-state index in [2.05, 4.69) is 14.9 Å². The van der Waals surface area contributed by atoms with Crippen LogP contribution in [0.3, 0.4) is 0 Å². The van der Waals surface area contributed by atoms with Crippen molar-refractivity contribution in [2.24, 2.45) is 0 Å². The van der Waals surface area contributed by atoms with Gasteiger partial charge in [0, 0.05) is 37.8 Å². The maximum Gasteiger partial charge on any atom is 0.246 e. The fraction of sp³-hybridized carbons (Fsp3) is 0.444. The van der Waals surface area contributed by atoms with Crippen molar-refractivity contribution in [1.82, 2.24) is 19.8 Å². The van der Waals surface area contributed by atoms with E-state index < -0.39 is 0 Å². The van der Waals surface area contributed by atoms with Crippen molar-refractivity contribution in [2.75, 3.05) is 31.1 Å². The number of anilines is 1. The highest BCUT2D eigenvalue weighted by Crippen LogP contribution is 2.35. The number of carbonyl (C=O) groups is 2. The molecule has 7 nitrogen and oxygen atoms in total. The standard InChI is InChI=1S/C18H21N5O2S/c1-14(24)23-11-17(25)22(15-3-2-5-19-9-15)13-18(23)4-7-21(12-18)10-16-20-6-8-26-16/h2-3,5-6,8-9H,4,7,10-13H2,1H3/t18-/m0/s1. The number of amides is 2. The van der Waals surface area contributed by atoms with Gasteiger partial charge in [-0.3, -0.25) is 19.5 Å².